The predicted molar refractivity (Wildman–Crippen MR) is 74.5 cm³/mol. The fourth-order valence-corrected chi connectivity index (χ4v) is 2.92. The van der Waals surface area contributed by atoms with Gasteiger partial charge in [-0.3, -0.25) is 9.59 Å². The smallest absolute Gasteiger partial charge is 0.197 e. The van der Waals surface area contributed by atoms with E-state index < -0.39 is 5.82 Å². The predicted octanol–water partition coefficient (Wildman–Crippen LogP) is 3.22. The lowest BCUT2D eigenvalue weighted by Crippen LogP contribution is -2.02. The number of carbonyl (C=O) groups excluding carboxylic acids is 2. The van der Waals surface area contributed by atoms with Crippen LogP contribution in [0.15, 0.2) is 12.1 Å². The van der Waals surface area contributed by atoms with E-state index in [1.54, 1.807) is 6.07 Å². The molecule has 1 aromatic heterocycles. The van der Waals surface area contributed by atoms with E-state index in [0.29, 0.717) is 15.0 Å². The number of fused-ring (bicyclic) bond motifs is 1. The Labute approximate surface area is 119 Å². The summed E-state index contributed by atoms with van der Waals surface area (Å²) in [7, 11) is 2.76. The van der Waals surface area contributed by atoms with Gasteiger partial charge in [0, 0.05) is 16.2 Å². The third-order valence-electron chi connectivity index (χ3n) is 2.79. The van der Waals surface area contributed by atoms with Crippen LogP contribution in [0, 0.1) is 5.82 Å². The van der Waals surface area contributed by atoms with E-state index in [1.165, 1.54) is 27.2 Å². The zero-order chi connectivity index (χ0) is 14.9. The van der Waals surface area contributed by atoms with Gasteiger partial charge in [0.2, 0.25) is 0 Å². The van der Waals surface area contributed by atoms with E-state index in [0.717, 1.165) is 11.3 Å². The van der Waals surface area contributed by atoms with E-state index in [-0.39, 0.29) is 29.5 Å². The van der Waals surface area contributed by atoms with Crippen LogP contribution in [0.3, 0.4) is 0 Å². The molecule has 0 N–H and O–H groups in total. The Morgan fingerprint density at radius 1 is 1.25 bits per heavy atom. The highest BCUT2D eigenvalue weighted by Gasteiger charge is 2.19. The number of halogens is 1. The Kier molecular flexibility index (Phi) is 4.04. The van der Waals surface area contributed by atoms with Gasteiger partial charge in [0.15, 0.2) is 23.1 Å². The molecule has 0 saturated heterocycles. The molecule has 6 heteroatoms. The van der Waals surface area contributed by atoms with Crippen molar-refractivity contribution in [2.24, 2.45) is 0 Å². The maximum Gasteiger partial charge on any atom is 0.197 e. The van der Waals surface area contributed by atoms with Crippen LogP contribution < -0.4 is 9.47 Å². The van der Waals surface area contributed by atoms with Crippen LogP contribution in [0.25, 0.3) is 10.1 Å². The second-order valence-corrected chi connectivity index (χ2v) is 5.33. The first-order valence-corrected chi connectivity index (χ1v) is 6.66. The molecule has 20 heavy (non-hydrogen) atoms. The number of carbonyl (C=O) groups is 2. The summed E-state index contributed by atoms with van der Waals surface area (Å²) in [6.07, 6.45) is -0.178. The molecule has 0 radical (unpaired) electrons. The number of benzene rings is 1. The van der Waals surface area contributed by atoms with Gasteiger partial charge in [-0.05, 0) is 13.0 Å². The van der Waals surface area contributed by atoms with E-state index >= 15 is 0 Å². The molecule has 0 spiro atoms. The topological polar surface area (TPSA) is 52.6 Å². The van der Waals surface area contributed by atoms with E-state index in [2.05, 4.69) is 0 Å². The molecule has 0 bridgehead atoms. The van der Waals surface area contributed by atoms with Crippen molar-refractivity contribution < 1.29 is 23.5 Å². The van der Waals surface area contributed by atoms with Gasteiger partial charge in [0.1, 0.15) is 5.78 Å². The Hall–Kier alpha value is -1.95. The molecule has 0 atom stereocenters. The van der Waals surface area contributed by atoms with Gasteiger partial charge in [-0.15, -0.1) is 11.3 Å². The van der Waals surface area contributed by atoms with Crippen LogP contribution in [-0.4, -0.2) is 25.8 Å². The summed E-state index contributed by atoms with van der Waals surface area (Å²) in [6.45, 7) is 1.35. The molecule has 0 amide bonds. The van der Waals surface area contributed by atoms with E-state index in [9.17, 15) is 14.0 Å². The second kappa shape index (κ2) is 5.58. The molecule has 0 unspecified atom stereocenters. The number of hydrogen-bond acceptors (Lipinski definition) is 5. The normalized spacial score (nSPS) is 10.6. The summed E-state index contributed by atoms with van der Waals surface area (Å²) in [4.78, 5) is 23.2. The molecule has 2 aromatic rings. The van der Waals surface area contributed by atoms with Gasteiger partial charge in [-0.1, -0.05) is 0 Å². The summed E-state index contributed by atoms with van der Waals surface area (Å²) in [5.74, 6) is -0.826. The van der Waals surface area contributed by atoms with Gasteiger partial charge in [0.05, 0.1) is 25.5 Å². The van der Waals surface area contributed by atoms with Crippen molar-refractivity contribution in [1.82, 2.24) is 0 Å². The van der Waals surface area contributed by atoms with Crippen molar-refractivity contribution in [3.63, 3.8) is 0 Å². The third-order valence-corrected chi connectivity index (χ3v) is 3.91. The van der Waals surface area contributed by atoms with Crippen molar-refractivity contribution in [3.05, 3.63) is 22.8 Å². The SMILES string of the molecule is COc1cc2sc(C(=O)CC(C)=O)cc2c(F)c1OC. The van der Waals surface area contributed by atoms with E-state index in [4.69, 9.17) is 9.47 Å². The van der Waals surface area contributed by atoms with Crippen LogP contribution in [0.1, 0.15) is 23.0 Å². The van der Waals surface area contributed by atoms with Crippen molar-refractivity contribution in [2.45, 2.75) is 13.3 Å². The molecule has 1 heterocycles. The minimum absolute atomic E-state index is 0.00312. The molecule has 0 aliphatic heterocycles. The lowest BCUT2D eigenvalue weighted by molar-refractivity contribution is -0.116. The molecule has 4 nitrogen and oxygen atoms in total. The van der Waals surface area contributed by atoms with Crippen LogP contribution in [0.5, 0.6) is 11.5 Å². The molecule has 2 rings (SSSR count). The first-order valence-electron chi connectivity index (χ1n) is 5.84. The number of Topliss-reactive ketones (excluding diaryl/α,β-unsaturated/α-hetero) is 2. The van der Waals surface area contributed by atoms with Crippen LogP contribution in [-0.2, 0) is 4.79 Å². The number of ether oxygens (including phenoxy) is 2. The summed E-state index contributed by atoms with van der Waals surface area (Å²) >= 11 is 1.13. The van der Waals surface area contributed by atoms with Crippen LogP contribution >= 0.6 is 11.3 Å². The van der Waals surface area contributed by atoms with Crippen molar-refractivity contribution in [2.75, 3.05) is 14.2 Å². The maximum atomic E-state index is 14.3. The maximum absolute atomic E-state index is 14.3. The molecule has 106 valence electrons. The Morgan fingerprint density at radius 3 is 2.50 bits per heavy atom. The quantitative estimate of drug-likeness (QED) is 0.628. The largest absolute Gasteiger partial charge is 0.493 e. The average molecular weight is 296 g/mol. The number of rotatable bonds is 5. The molecular weight excluding hydrogens is 283 g/mol. The molecular formula is C14H13FO4S. The number of hydrogen-bond donors (Lipinski definition) is 0. The van der Waals surface area contributed by atoms with Crippen molar-refractivity contribution in [1.29, 1.82) is 0 Å². The van der Waals surface area contributed by atoms with Crippen LogP contribution in [0.2, 0.25) is 0 Å². The molecule has 0 aliphatic carbocycles. The minimum Gasteiger partial charge on any atom is -0.493 e. The number of methoxy groups -OCH3 is 2. The molecule has 0 fully saturated rings. The Balaban J connectivity index is 2.56. The zero-order valence-electron chi connectivity index (χ0n) is 11.3. The highest BCUT2D eigenvalue weighted by atomic mass is 32.1. The molecule has 0 aliphatic rings. The fourth-order valence-electron chi connectivity index (χ4n) is 1.89. The van der Waals surface area contributed by atoms with Gasteiger partial charge in [0.25, 0.3) is 0 Å². The lowest BCUT2D eigenvalue weighted by Gasteiger charge is -2.08. The van der Waals surface area contributed by atoms with Crippen molar-refractivity contribution in [3.8, 4) is 11.5 Å². The first-order chi connectivity index (χ1) is 9.47. The summed E-state index contributed by atoms with van der Waals surface area (Å²) in [5.41, 5.74) is 0. The van der Waals surface area contributed by atoms with Gasteiger partial charge in [-0.25, -0.2) is 4.39 Å². The monoisotopic (exact) mass is 296 g/mol. The summed E-state index contributed by atoms with van der Waals surface area (Å²) in [6, 6.07) is 3.06. The van der Waals surface area contributed by atoms with Gasteiger partial charge < -0.3 is 9.47 Å². The molecule has 1 aromatic carbocycles. The Morgan fingerprint density at radius 2 is 1.95 bits per heavy atom. The lowest BCUT2D eigenvalue weighted by atomic mass is 10.1. The van der Waals surface area contributed by atoms with Crippen molar-refractivity contribution >= 4 is 33.0 Å². The highest BCUT2D eigenvalue weighted by Crippen LogP contribution is 2.39. The standard InChI is InChI=1S/C14H13FO4S/c1-7(16)4-9(17)12-5-8-11(20-12)6-10(18-2)14(19-3)13(8)15/h5-6H,4H2,1-3H3. The summed E-state index contributed by atoms with van der Waals surface area (Å²) in [5, 5.41) is 0.291. The fraction of sp³-hybridized carbons (Fsp3) is 0.286. The van der Waals surface area contributed by atoms with E-state index in [1.807, 2.05) is 0 Å². The highest BCUT2D eigenvalue weighted by molar-refractivity contribution is 7.20. The molecule has 0 saturated carbocycles. The number of ketones is 2. The van der Waals surface area contributed by atoms with Gasteiger partial charge >= 0.3 is 0 Å². The first kappa shape index (κ1) is 14.5. The summed E-state index contributed by atoms with van der Waals surface area (Å²) < 4.78 is 24.9. The van der Waals surface area contributed by atoms with Gasteiger partial charge in [-0.2, -0.15) is 0 Å². The Bertz CT molecular complexity index is 690. The number of thiophene rings is 1. The minimum atomic E-state index is -0.569. The third kappa shape index (κ3) is 2.51. The second-order valence-electron chi connectivity index (χ2n) is 4.25. The zero-order valence-corrected chi connectivity index (χ0v) is 12.1. The average Bonchev–Trinajstić information content (AvgIpc) is 2.82. The van der Waals surface area contributed by atoms with Crippen LogP contribution in [0.4, 0.5) is 4.39 Å².